The summed E-state index contributed by atoms with van der Waals surface area (Å²) < 4.78 is 5.40. The molecule has 3 rings (SSSR count). The van der Waals surface area contributed by atoms with Gasteiger partial charge in [-0.15, -0.1) is 0 Å². The van der Waals surface area contributed by atoms with E-state index in [2.05, 4.69) is 45.9 Å². The number of piperidine rings is 1. The van der Waals surface area contributed by atoms with Gasteiger partial charge in [-0.1, -0.05) is 13.8 Å². The Morgan fingerprint density at radius 2 is 2.07 bits per heavy atom. The first-order valence-corrected chi connectivity index (χ1v) is 10.6. The second-order valence-electron chi connectivity index (χ2n) is 8.80. The van der Waals surface area contributed by atoms with E-state index in [-0.39, 0.29) is 11.4 Å². The predicted molar refractivity (Wildman–Crippen MR) is 111 cm³/mol. The van der Waals surface area contributed by atoms with E-state index in [0.717, 1.165) is 44.3 Å². The summed E-state index contributed by atoms with van der Waals surface area (Å²) in [5.41, 5.74) is 1.08. The molecule has 1 aromatic rings. The number of likely N-dealkylation sites (tertiary alicyclic amines) is 1. The lowest BCUT2D eigenvalue weighted by Crippen LogP contribution is -2.53. The molecule has 2 aliphatic rings. The third-order valence-corrected chi connectivity index (χ3v) is 5.54. The van der Waals surface area contributed by atoms with Crippen LogP contribution >= 0.6 is 0 Å². The summed E-state index contributed by atoms with van der Waals surface area (Å²) in [7, 11) is 0. The fourth-order valence-electron chi connectivity index (χ4n) is 4.19. The summed E-state index contributed by atoms with van der Waals surface area (Å²) in [5.74, 6) is 1.34. The lowest BCUT2D eigenvalue weighted by atomic mass is 9.97. The van der Waals surface area contributed by atoms with Crippen molar-refractivity contribution in [1.29, 1.82) is 0 Å². The molecule has 2 aliphatic heterocycles. The Morgan fingerprint density at radius 1 is 1.32 bits per heavy atom. The van der Waals surface area contributed by atoms with E-state index in [1.807, 2.05) is 6.92 Å². The highest BCUT2D eigenvalue weighted by Gasteiger charge is 2.28. The van der Waals surface area contributed by atoms with Gasteiger partial charge in [0.05, 0.1) is 24.5 Å². The summed E-state index contributed by atoms with van der Waals surface area (Å²) >= 11 is 0. The highest BCUT2D eigenvalue weighted by molar-refractivity contribution is 5.95. The zero-order valence-corrected chi connectivity index (χ0v) is 17.8. The number of nitrogens with zero attached hydrogens (tertiary/aromatic N) is 4. The molecule has 7 nitrogen and oxygen atoms in total. The highest BCUT2D eigenvalue weighted by atomic mass is 16.5. The van der Waals surface area contributed by atoms with Crippen molar-refractivity contribution in [2.75, 3.05) is 50.8 Å². The quantitative estimate of drug-likeness (QED) is 0.804. The van der Waals surface area contributed by atoms with E-state index in [1.54, 1.807) is 6.20 Å². The van der Waals surface area contributed by atoms with Gasteiger partial charge in [0.2, 0.25) is 5.95 Å². The smallest absolute Gasteiger partial charge is 0.255 e. The lowest BCUT2D eigenvalue weighted by Gasteiger charge is -2.37. The fourth-order valence-corrected chi connectivity index (χ4v) is 4.19. The minimum Gasteiger partial charge on any atom is -0.378 e. The van der Waals surface area contributed by atoms with Crippen molar-refractivity contribution >= 4 is 11.9 Å². The van der Waals surface area contributed by atoms with Crippen molar-refractivity contribution in [3.05, 3.63) is 17.5 Å². The van der Waals surface area contributed by atoms with E-state index in [0.29, 0.717) is 31.1 Å². The lowest BCUT2D eigenvalue weighted by molar-refractivity contribution is 0.0861. The van der Waals surface area contributed by atoms with Gasteiger partial charge in [0, 0.05) is 37.9 Å². The van der Waals surface area contributed by atoms with Gasteiger partial charge in [-0.25, -0.2) is 9.97 Å². The number of ether oxygens (including phenoxy) is 1. The SMILES string of the molecule is CCc1nc(N2CCOCC2)ncc1C(=O)NC(C)(C)CN1CCC[C@@H](C)C1. The summed E-state index contributed by atoms with van der Waals surface area (Å²) in [6, 6.07) is 0. The molecule has 0 aliphatic carbocycles. The average Bonchev–Trinajstić information content (AvgIpc) is 2.67. The number of carbonyl (C=O) groups excluding carboxylic acids is 1. The van der Waals surface area contributed by atoms with Gasteiger partial charge in [0.15, 0.2) is 0 Å². The first kappa shape index (κ1) is 21.0. The second kappa shape index (κ2) is 9.18. The van der Waals surface area contributed by atoms with E-state index in [1.165, 1.54) is 12.8 Å². The van der Waals surface area contributed by atoms with Crippen LogP contribution in [0.2, 0.25) is 0 Å². The van der Waals surface area contributed by atoms with Crippen LogP contribution in [0.3, 0.4) is 0 Å². The number of hydrogen-bond acceptors (Lipinski definition) is 6. The molecule has 1 amide bonds. The molecule has 0 radical (unpaired) electrons. The number of hydrogen-bond donors (Lipinski definition) is 1. The van der Waals surface area contributed by atoms with E-state index >= 15 is 0 Å². The van der Waals surface area contributed by atoms with Crippen LogP contribution < -0.4 is 10.2 Å². The van der Waals surface area contributed by atoms with Gasteiger partial charge in [-0.3, -0.25) is 4.79 Å². The third kappa shape index (κ3) is 5.41. The number of amides is 1. The fraction of sp³-hybridized carbons (Fsp3) is 0.762. The minimum atomic E-state index is -0.304. The van der Waals surface area contributed by atoms with Gasteiger partial charge in [0.1, 0.15) is 0 Å². The molecule has 0 aromatic carbocycles. The zero-order chi connectivity index (χ0) is 20.1. The molecule has 2 saturated heterocycles. The molecule has 0 spiro atoms. The molecule has 28 heavy (non-hydrogen) atoms. The topological polar surface area (TPSA) is 70.6 Å². The zero-order valence-electron chi connectivity index (χ0n) is 17.8. The molecular weight excluding hydrogens is 354 g/mol. The average molecular weight is 390 g/mol. The number of morpholine rings is 1. The van der Waals surface area contributed by atoms with E-state index in [4.69, 9.17) is 4.74 Å². The summed E-state index contributed by atoms with van der Waals surface area (Å²) in [6.45, 7) is 14.6. The van der Waals surface area contributed by atoms with Crippen molar-refractivity contribution in [1.82, 2.24) is 20.2 Å². The number of nitrogens with one attached hydrogen (secondary N) is 1. The van der Waals surface area contributed by atoms with Crippen molar-refractivity contribution in [3.8, 4) is 0 Å². The Bertz CT molecular complexity index is 673. The maximum atomic E-state index is 13.0. The molecule has 1 atom stereocenters. The summed E-state index contributed by atoms with van der Waals surface area (Å²) in [4.78, 5) is 26.7. The molecule has 2 fully saturated rings. The molecule has 1 aromatic heterocycles. The first-order valence-electron chi connectivity index (χ1n) is 10.6. The van der Waals surface area contributed by atoms with Crippen LogP contribution in [-0.4, -0.2) is 72.3 Å². The molecule has 156 valence electrons. The molecular formula is C21H35N5O2. The van der Waals surface area contributed by atoms with Crippen LogP contribution in [-0.2, 0) is 11.2 Å². The number of rotatable bonds is 6. The molecule has 0 saturated carbocycles. The van der Waals surface area contributed by atoms with Crippen LogP contribution in [0.1, 0.15) is 56.6 Å². The second-order valence-corrected chi connectivity index (χ2v) is 8.80. The van der Waals surface area contributed by atoms with E-state index < -0.39 is 0 Å². The standard InChI is InChI=1S/C21H35N5O2/c1-5-18-17(13-22-20(23-18)26-9-11-28-12-10-26)19(27)24-21(3,4)15-25-8-6-7-16(2)14-25/h13,16H,5-12,14-15H2,1-4H3,(H,24,27)/t16-/m1/s1. The molecule has 7 heteroatoms. The Hall–Kier alpha value is -1.73. The van der Waals surface area contributed by atoms with Crippen molar-refractivity contribution in [2.24, 2.45) is 5.92 Å². The molecule has 0 bridgehead atoms. The van der Waals surface area contributed by atoms with E-state index in [9.17, 15) is 4.79 Å². The Labute approximate surface area is 168 Å². The molecule has 1 N–H and O–H groups in total. The van der Waals surface area contributed by atoms with Crippen LogP contribution in [0.5, 0.6) is 0 Å². The van der Waals surface area contributed by atoms with Gasteiger partial charge >= 0.3 is 0 Å². The summed E-state index contributed by atoms with van der Waals surface area (Å²) in [5, 5.41) is 3.21. The van der Waals surface area contributed by atoms with Gasteiger partial charge < -0.3 is 19.9 Å². The van der Waals surface area contributed by atoms with Gasteiger partial charge in [0.25, 0.3) is 5.91 Å². The van der Waals surface area contributed by atoms with Gasteiger partial charge in [-0.2, -0.15) is 0 Å². The monoisotopic (exact) mass is 389 g/mol. The van der Waals surface area contributed by atoms with Crippen LogP contribution in [0.4, 0.5) is 5.95 Å². The number of aryl methyl sites for hydroxylation is 1. The summed E-state index contributed by atoms with van der Waals surface area (Å²) in [6.07, 6.45) is 4.93. The Balaban J connectivity index is 1.66. The maximum Gasteiger partial charge on any atom is 0.255 e. The Morgan fingerprint density at radius 3 is 2.75 bits per heavy atom. The predicted octanol–water partition coefficient (Wildman–Crippen LogP) is 2.12. The van der Waals surface area contributed by atoms with Gasteiger partial charge in [-0.05, 0) is 45.6 Å². The molecule has 0 unspecified atom stereocenters. The van der Waals surface area contributed by atoms with Crippen LogP contribution in [0.25, 0.3) is 0 Å². The number of carbonyl (C=O) groups is 1. The normalized spacial score (nSPS) is 21.6. The first-order chi connectivity index (χ1) is 13.4. The Kier molecular flexibility index (Phi) is 6.88. The minimum absolute atomic E-state index is 0.0829. The van der Waals surface area contributed by atoms with Crippen molar-refractivity contribution < 1.29 is 9.53 Å². The maximum absolute atomic E-state index is 13.0. The van der Waals surface area contributed by atoms with Crippen LogP contribution in [0.15, 0.2) is 6.20 Å². The van der Waals surface area contributed by atoms with Crippen molar-refractivity contribution in [2.45, 2.75) is 52.5 Å². The van der Waals surface area contributed by atoms with Crippen molar-refractivity contribution in [3.63, 3.8) is 0 Å². The van der Waals surface area contributed by atoms with Crippen LogP contribution in [0, 0.1) is 5.92 Å². The third-order valence-electron chi connectivity index (χ3n) is 5.54. The largest absolute Gasteiger partial charge is 0.378 e. The highest BCUT2D eigenvalue weighted by Crippen LogP contribution is 2.19. The number of anilines is 1. The molecule has 3 heterocycles. The number of aromatic nitrogens is 2.